The zero-order valence-corrected chi connectivity index (χ0v) is 11.3. The van der Waals surface area contributed by atoms with Gasteiger partial charge in [0, 0.05) is 24.4 Å². The van der Waals surface area contributed by atoms with Gasteiger partial charge in [-0.25, -0.2) is 0 Å². The largest absolute Gasteiger partial charge is 0.330 e. The Morgan fingerprint density at radius 3 is 2.65 bits per heavy atom. The average molecular weight is 251 g/mol. The summed E-state index contributed by atoms with van der Waals surface area (Å²) in [5.74, 6) is 0.852. The van der Waals surface area contributed by atoms with Crippen LogP contribution in [0.5, 0.6) is 0 Å². The van der Waals surface area contributed by atoms with Crippen LogP contribution >= 0.6 is 11.6 Å². The van der Waals surface area contributed by atoms with Gasteiger partial charge in [0.15, 0.2) is 0 Å². The highest BCUT2D eigenvalue weighted by molar-refractivity contribution is 6.34. The van der Waals surface area contributed by atoms with E-state index in [9.17, 15) is 0 Å². The molecule has 1 unspecified atom stereocenters. The smallest absolute Gasteiger partial charge is 0.0693 e. The van der Waals surface area contributed by atoms with Crippen LogP contribution in [-0.4, -0.2) is 10.9 Å². The van der Waals surface area contributed by atoms with E-state index < -0.39 is 0 Å². The third-order valence-electron chi connectivity index (χ3n) is 3.47. The van der Waals surface area contributed by atoms with E-state index in [4.69, 9.17) is 17.3 Å². The van der Waals surface area contributed by atoms with Crippen LogP contribution in [0.15, 0.2) is 24.4 Å². The van der Waals surface area contributed by atoms with Gasteiger partial charge in [0.1, 0.15) is 0 Å². The first-order chi connectivity index (χ1) is 8.07. The van der Waals surface area contributed by atoms with Crippen LogP contribution in [0.4, 0.5) is 0 Å². The van der Waals surface area contributed by atoms with Crippen LogP contribution in [-0.2, 0) is 0 Å². The molecule has 0 fully saturated rings. The molecule has 0 spiro atoms. The van der Waals surface area contributed by atoms with Crippen molar-refractivity contribution in [3.05, 3.63) is 40.7 Å². The fourth-order valence-corrected chi connectivity index (χ4v) is 2.72. The number of hydrogen-bond donors (Lipinski definition) is 1. The minimum Gasteiger partial charge on any atom is -0.330 e. The highest BCUT2D eigenvalue weighted by Gasteiger charge is 2.22. The SMILES string of the molecule is Cc1c(Cl)c2ccccn2c1C(CN)C(C)C. The second-order valence-corrected chi connectivity index (χ2v) is 5.24. The molecule has 0 radical (unpaired) electrons. The number of pyridine rings is 1. The minimum absolute atomic E-state index is 0.345. The summed E-state index contributed by atoms with van der Waals surface area (Å²) >= 11 is 6.39. The van der Waals surface area contributed by atoms with Gasteiger partial charge in [0.05, 0.1) is 10.5 Å². The van der Waals surface area contributed by atoms with Gasteiger partial charge >= 0.3 is 0 Å². The van der Waals surface area contributed by atoms with Crippen LogP contribution in [0.25, 0.3) is 5.52 Å². The molecule has 1 atom stereocenters. The number of fused-ring (bicyclic) bond motifs is 1. The Kier molecular flexibility index (Phi) is 3.45. The predicted molar refractivity (Wildman–Crippen MR) is 73.8 cm³/mol. The molecule has 0 aliphatic rings. The molecule has 0 aromatic carbocycles. The fourth-order valence-electron chi connectivity index (χ4n) is 2.47. The monoisotopic (exact) mass is 250 g/mol. The first kappa shape index (κ1) is 12.5. The number of nitrogens with two attached hydrogens (primary N) is 1. The van der Waals surface area contributed by atoms with Crippen LogP contribution in [0, 0.1) is 12.8 Å². The maximum atomic E-state index is 6.39. The lowest BCUT2D eigenvalue weighted by Crippen LogP contribution is -2.20. The van der Waals surface area contributed by atoms with Crippen LogP contribution in [0.3, 0.4) is 0 Å². The lowest BCUT2D eigenvalue weighted by atomic mass is 9.91. The molecular formula is C14H19ClN2. The lowest BCUT2D eigenvalue weighted by molar-refractivity contribution is 0.491. The Bertz CT molecular complexity index is 528. The van der Waals surface area contributed by atoms with Gasteiger partial charge in [0.2, 0.25) is 0 Å². The number of hydrogen-bond acceptors (Lipinski definition) is 1. The zero-order valence-electron chi connectivity index (χ0n) is 10.6. The molecule has 0 aliphatic carbocycles. The number of rotatable bonds is 3. The molecule has 0 aliphatic heterocycles. The van der Waals surface area contributed by atoms with Gasteiger partial charge < -0.3 is 10.1 Å². The summed E-state index contributed by atoms with van der Waals surface area (Å²) in [7, 11) is 0. The van der Waals surface area contributed by atoms with Gasteiger partial charge in [-0.1, -0.05) is 31.5 Å². The van der Waals surface area contributed by atoms with Crippen molar-refractivity contribution in [3.63, 3.8) is 0 Å². The van der Waals surface area contributed by atoms with E-state index in [0.717, 1.165) is 16.1 Å². The van der Waals surface area contributed by atoms with Gasteiger partial charge in [-0.05, 0) is 30.5 Å². The Morgan fingerprint density at radius 1 is 1.35 bits per heavy atom. The molecular weight excluding hydrogens is 232 g/mol. The Hall–Kier alpha value is -0.990. The van der Waals surface area contributed by atoms with Gasteiger partial charge in [-0.2, -0.15) is 0 Å². The topological polar surface area (TPSA) is 30.4 Å². The van der Waals surface area contributed by atoms with Crippen LogP contribution < -0.4 is 5.73 Å². The number of nitrogens with zero attached hydrogens (tertiary/aromatic N) is 1. The minimum atomic E-state index is 0.345. The highest BCUT2D eigenvalue weighted by Crippen LogP contribution is 2.34. The van der Waals surface area contributed by atoms with Crippen LogP contribution in [0.1, 0.15) is 31.0 Å². The van der Waals surface area contributed by atoms with Crippen molar-refractivity contribution < 1.29 is 0 Å². The fraction of sp³-hybridized carbons (Fsp3) is 0.429. The molecule has 2 rings (SSSR count). The summed E-state index contributed by atoms with van der Waals surface area (Å²) in [6, 6.07) is 6.09. The quantitative estimate of drug-likeness (QED) is 0.887. The van der Waals surface area contributed by atoms with E-state index >= 15 is 0 Å². The molecule has 0 saturated carbocycles. The van der Waals surface area contributed by atoms with E-state index in [1.54, 1.807) is 0 Å². The molecule has 2 aromatic heterocycles. The predicted octanol–water partition coefficient (Wildman–Crippen LogP) is 3.60. The Labute approximate surface area is 107 Å². The van der Waals surface area contributed by atoms with E-state index in [2.05, 4.69) is 31.4 Å². The number of aromatic nitrogens is 1. The third kappa shape index (κ3) is 1.96. The highest BCUT2D eigenvalue weighted by atomic mass is 35.5. The summed E-state index contributed by atoms with van der Waals surface area (Å²) in [6.45, 7) is 7.13. The van der Waals surface area contributed by atoms with E-state index in [0.29, 0.717) is 18.4 Å². The average Bonchev–Trinajstić information content (AvgIpc) is 2.56. The molecule has 0 amide bonds. The normalized spacial score (nSPS) is 13.5. The maximum Gasteiger partial charge on any atom is 0.0693 e. The lowest BCUT2D eigenvalue weighted by Gasteiger charge is -2.20. The number of halogens is 1. The van der Waals surface area contributed by atoms with Crippen molar-refractivity contribution in [1.29, 1.82) is 0 Å². The molecule has 3 heteroatoms. The summed E-state index contributed by atoms with van der Waals surface area (Å²) in [4.78, 5) is 0. The molecule has 2 aromatic rings. The van der Waals surface area contributed by atoms with Crippen molar-refractivity contribution in [2.75, 3.05) is 6.54 Å². The molecule has 2 heterocycles. The first-order valence-corrected chi connectivity index (χ1v) is 6.40. The summed E-state index contributed by atoms with van der Waals surface area (Å²) in [6.07, 6.45) is 2.06. The Morgan fingerprint density at radius 2 is 2.06 bits per heavy atom. The second kappa shape index (κ2) is 4.71. The van der Waals surface area contributed by atoms with E-state index in [-0.39, 0.29) is 0 Å². The summed E-state index contributed by atoms with van der Waals surface area (Å²) in [5.41, 5.74) is 9.40. The van der Waals surface area contributed by atoms with Gasteiger partial charge in [-0.3, -0.25) is 0 Å². The zero-order chi connectivity index (χ0) is 12.6. The standard InChI is InChI=1S/C14H19ClN2/c1-9(2)11(8-16)14-10(3)13(15)12-6-4-5-7-17(12)14/h4-7,9,11H,8,16H2,1-3H3. The van der Waals surface area contributed by atoms with Crippen molar-refractivity contribution >= 4 is 17.1 Å². The molecule has 92 valence electrons. The van der Waals surface area contributed by atoms with E-state index in [1.807, 2.05) is 18.2 Å². The first-order valence-electron chi connectivity index (χ1n) is 6.03. The Balaban J connectivity index is 2.72. The molecule has 0 saturated heterocycles. The van der Waals surface area contributed by atoms with Gasteiger partial charge in [0.25, 0.3) is 0 Å². The molecule has 2 N–H and O–H groups in total. The van der Waals surface area contributed by atoms with Gasteiger partial charge in [-0.15, -0.1) is 0 Å². The van der Waals surface area contributed by atoms with Crippen molar-refractivity contribution in [1.82, 2.24) is 4.40 Å². The van der Waals surface area contributed by atoms with E-state index in [1.165, 1.54) is 5.69 Å². The summed E-state index contributed by atoms with van der Waals surface area (Å²) < 4.78 is 2.18. The molecule has 0 bridgehead atoms. The second-order valence-electron chi connectivity index (χ2n) is 4.87. The van der Waals surface area contributed by atoms with Crippen molar-refractivity contribution in [2.45, 2.75) is 26.7 Å². The summed E-state index contributed by atoms with van der Waals surface area (Å²) in [5, 5.41) is 0.847. The van der Waals surface area contributed by atoms with Crippen LogP contribution in [0.2, 0.25) is 5.02 Å². The maximum absolute atomic E-state index is 6.39. The molecule has 17 heavy (non-hydrogen) atoms. The molecule has 2 nitrogen and oxygen atoms in total. The third-order valence-corrected chi connectivity index (χ3v) is 3.94. The van der Waals surface area contributed by atoms with Crippen molar-refractivity contribution in [3.8, 4) is 0 Å². The van der Waals surface area contributed by atoms with Crippen molar-refractivity contribution in [2.24, 2.45) is 11.7 Å².